The fourth-order valence-corrected chi connectivity index (χ4v) is 0. The van der Waals surface area contributed by atoms with Gasteiger partial charge in [-0.3, -0.25) is 4.79 Å². The molecule has 0 fully saturated rings. The Morgan fingerprint density at radius 1 is 1.83 bits per heavy atom. The summed E-state index contributed by atoms with van der Waals surface area (Å²) in [4.78, 5) is 9.46. The first-order chi connectivity index (χ1) is 2.27. The molecule has 0 aromatic rings. The van der Waals surface area contributed by atoms with Gasteiger partial charge in [0.25, 0.3) is 0 Å². The molecule has 0 N–H and O–H groups in total. The molecule has 0 saturated carbocycles. The molecule has 0 radical (unpaired) electrons. The van der Waals surface area contributed by atoms with Gasteiger partial charge >= 0.3 is 18.9 Å². The third-order valence-corrected chi connectivity index (χ3v) is 0.315. The van der Waals surface area contributed by atoms with Crippen LogP contribution in [-0.4, -0.2) is 24.1 Å². The number of carbonyl (C=O) groups is 1. The van der Waals surface area contributed by atoms with Crippen LogP contribution in [-0.2, 0) is 4.79 Å². The maximum absolute atomic E-state index is 9.46. The summed E-state index contributed by atoms with van der Waals surface area (Å²) in [5.41, 5.74) is 0. The molecule has 0 rings (SSSR count). The van der Waals surface area contributed by atoms with E-state index in [9.17, 15) is 4.79 Å². The standard InChI is InChI=1S/C3H3ClO.Li.H/c1-2-3(4)5;;/h2H,1H2;;. The molecule has 0 unspecified atom stereocenters. The zero-order valence-electron chi connectivity index (χ0n) is 2.57. The molecule has 30 valence electrons. The van der Waals surface area contributed by atoms with Crippen molar-refractivity contribution < 1.29 is 4.79 Å². The molecule has 0 aliphatic heterocycles. The van der Waals surface area contributed by atoms with Crippen LogP contribution >= 0.6 is 11.6 Å². The van der Waals surface area contributed by atoms with E-state index in [4.69, 9.17) is 11.6 Å². The van der Waals surface area contributed by atoms with E-state index >= 15 is 0 Å². The van der Waals surface area contributed by atoms with Gasteiger partial charge in [-0.15, -0.1) is 0 Å². The zero-order chi connectivity index (χ0) is 4.28. The van der Waals surface area contributed by atoms with Crippen LogP contribution in [0.2, 0.25) is 0 Å². The van der Waals surface area contributed by atoms with Gasteiger partial charge in [0.1, 0.15) is 0 Å². The first kappa shape index (κ1) is 9.57. The molecule has 1 nitrogen and oxygen atoms in total. The van der Waals surface area contributed by atoms with Gasteiger partial charge in [-0.25, -0.2) is 0 Å². The van der Waals surface area contributed by atoms with Crippen molar-refractivity contribution in [2.24, 2.45) is 0 Å². The van der Waals surface area contributed by atoms with Crippen LogP contribution in [0.3, 0.4) is 0 Å². The summed E-state index contributed by atoms with van der Waals surface area (Å²) in [5.74, 6) is 0. The monoisotopic (exact) mass is 98.0 g/mol. The Labute approximate surface area is 53.5 Å². The summed E-state index contributed by atoms with van der Waals surface area (Å²) in [6.07, 6.45) is 1.04. The van der Waals surface area contributed by atoms with Gasteiger partial charge < -0.3 is 0 Å². The normalized spacial score (nSPS) is 5.50. The predicted molar refractivity (Wildman–Crippen MR) is 28.2 cm³/mol. The molecule has 0 bridgehead atoms. The van der Waals surface area contributed by atoms with Crippen molar-refractivity contribution in [2.45, 2.75) is 0 Å². The quantitative estimate of drug-likeness (QED) is 0.262. The van der Waals surface area contributed by atoms with E-state index in [1.165, 1.54) is 0 Å². The van der Waals surface area contributed by atoms with E-state index in [-0.39, 0.29) is 18.9 Å². The third-order valence-electron chi connectivity index (χ3n) is 0.160. The molecule has 0 aromatic heterocycles. The number of hydrogen-bond donors (Lipinski definition) is 0. The Morgan fingerprint density at radius 3 is 2.00 bits per heavy atom. The van der Waals surface area contributed by atoms with Crippen LogP contribution < -0.4 is 0 Å². The summed E-state index contributed by atoms with van der Waals surface area (Å²) in [5, 5.41) is -0.509. The number of hydrogen-bond acceptors (Lipinski definition) is 1. The summed E-state index contributed by atoms with van der Waals surface area (Å²) in [7, 11) is 0. The molecule has 0 aromatic carbocycles. The first-order valence-electron chi connectivity index (χ1n) is 1.09. The minimum absolute atomic E-state index is 0. The van der Waals surface area contributed by atoms with Crippen molar-refractivity contribution >= 4 is 35.7 Å². The molecule has 0 spiro atoms. The van der Waals surface area contributed by atoms with Crippen molar-refractivity contribution in [2.75, 3.05) is 0 Å². The Balaban J connectivity index is 0. The number of halogens is 1. The minimum atomic E-state index is -0.509. The molecule has 3 heteroatoms. The van der Waals surface area contributed by atoms with Gasteiger partial charge in [0, 0.05) is 0 Å². The maximum atomic E-state index is 9.46. The Kier molecular flexibility index (Phi) is 8.45. The molecular formula is C3H4ClLiO. The summed E-state index contributed by atoms with van der Waals surface area (Å²) in [6.45, 7) is 3.08. The zero-order valence-corrected chi connectivity index (χ0v) is 3.33. The molecule has 0 atom stereocenters. The number of carbonyl (C=O) groups excluding carboxylic acids is 1. The van der Waals surface area contributed by atoms with Crippen molar-refractivity contribution in [3.8, 4) is 0 Å². The second-order valence-corrected chi connectivity index (χ2v) is 0.881. The Morgan fingerprint density at radius 2 is 2.00 bits per heavy atom. The average molecular weight is 98.5 g/mol. The topological polar surface area (TPSA) is 17.1 Å². The predicted octanol–water partition coefficient (Wildman–Crippen LogP) is 0.289. The van der Waals surface area contributed by atoms with Gasteiger partial charge in [0.15, 0.2) is 0 Å². The van der Waals surface area contributed by atoms with E-state index in [1.807, 2.05) is 0 Å². The molecule has 0 amide bonds. The molecule has 0 aliphatic rings. The van der Waals surface area contributed by atoms with Gasteiger partial charge in [-0.2, -0.15) is 0 Å². The van der Waals surface area contributed by atoms with E-state index in [1.54, 1.807) is 0 Å². The van der Waals surface area contributed by atoms with Crippen LogP contribution in [0.25, 0.3) is 0 Å². The third kappa shape index (κ3) is 8.85. The Hall–Kier alpha value is 0.297. The fourth-order valence-electron chi connectivity index (χ4n) is 0. The van der Waals surface area contributed by atoms with Crippen molar-refractivity contribution in [3.05, 3.63) is 12.7 Å². The van der Waals surface area contributed by atoms with Crippen molar-refractivity contribution in [3.63, 3.8) is 0 Å². The van der Waals surface area contributed by atoms with Crippen LogP contribution in [0.5, 0.6) is 0 Å². The van der Waals surface area contributed by atoms with Crippen molar-refractivity contribution in [1.82, 2.24) is 0 Å². The summed E-state index contributed by atoms with van der Waals surface area (Å²) < 4.78 is 0. The molecule has 0 saturated heterocycles. The molecule has 6 heavy (non-hydrogen) atoms. The van der Waals surface area contributed by atoms with Crippen LogP contribution in [0, 0.1) is 0 Å². The SMILES string of the molecule is C=CC(=O)Cl.[LiH]. The second-order valence-electron chi connectivity index (χ2n) is 0.508. The fraction of sp³-hybridized carbons (Fsp3) is 0. The molecule has 0 heterocycles. The van der Waals surface area contributed by atoms with Gasteiger partial charge in [0.2, 0.25) is 5.24 Å². The average Bonchev–Trinajstić information content (AvgIpc) is 1.38. The summed E-state index contributed by atoms with van der Waals surface area (Å²) >= 11 is 4.71. The first-order valence-corrected chi connectivity index (χ1v) is 1.47. The van der Waals surface area contributed by atoms with Crippen LogP contribution in [0.15, 0.2) is 12.7 Å². The van der Waals surface area contributed by atoms with Gasteiger partial charge in [0.05, 0.1) is 0 Å². The number of allylic oxidation sites excluding steroid dienone is 1. The van der Waals surface area contributed by atoms with Crippen molar-refractivity contribution in [1.29, 1.82) is 0 Å². The Bertz CT molecular complexity index is 61.8. The molecular weight excluding hydrogens is 94.4 g/mol. The van der Waals surface area contributed by atoms with E-state index in [0.29, 0.717) is 0 Å². The summed E-state index contributed by atoms with van der Waals surface area (Å²) in [6, 6.07) is 0. The number of rotatable bonds is 1. The van der Waals surface area contributed by atoms with Gasteiger partial charge in [-0.05, 0) is 17.7 Å². The van der Waals surface area contributed by atoms with E-state index < -0.39 is 5.24 Å². The van der Waals surface area contributed by atoms with E-state index in [0.717, 1.165) is 6.08 Å². The van der Waals surface area contributed by atoms with Gasteiger partial charge in [-0.1, -0.05) is 6.58 Å². The molecule has 0 aliphatic carbocycles. The van der Waals surface area contributed by atoms with Crippen LogP contribution in [0.4, 0.5) is 0 Å². The van der Waals surface area contributed by atoms with E-state index in [2.05, 4.69) is 6.58 Å². The second kappa shape index (κ2) is 5.30. The van der Waals surface area contributed by atoms with Crippen LogP contribution in [0.1, 0.15) is 0 Å².